The number of rotatable bonds is 4. The van der Waals surface area contributed by atoms with Gasteiger partial charge in [-0.2, -0.15) is 0 Å². The van der Waals surface area contributed by atoms with E-state index >= 15 is 0 Å². The Morgan fingerprint density at radius 2 is 1.84 bits per heavy atom. The fraction of sp³-hybridized carbons (Fsp3) is 0.556. The molecular weight excluding hydrogens is 329 g/mol. The molecule has 1 aromatic rings. The second-order valence-electron chi connectivity index (χ2n) is 6.97. The van der Waals surface area contributed by atoms with Crippen LogP contribution in [0.2, 0.25) is 0 Å². The molecule has 6 nitrogen and oxygen atoms in total. The molecule has 0 saturated carbocycles. The summed E-state index contributed by atoms with van der Waals surface area (Å²) >= 11 is 0. The van der Waals surface area contributed by atoms with Crippen LogP contribution in [0.1, 0.15) is 32.3 Å². The summed E-state index contributed by atoms with van der Waals surface area (Å²) < 4.78 is 28.8. The molecule has 0 bridgehead atoms. The highest BCUT2D eigenvalue weighted by Gasteiger charge is 2.39. The predicted molar refractivity (Wildman–Crippen MR) is 88.7 cm³/mol. The van der Waals surface area contributed by atoms with Gasteiger partial charge in [0, 0.05) is 12.5 Å². The van der Waals surface area contributed by atoms with Crippen LogP contribution in [-0.2, 0) is 19.0 Å². The van der Waals surface area contributed by atoms with Crippen LogP contribution in [0, 0.1) is 5.82 Å². The third-order valence-corrected chi connectivity index (χ3v) is 3.86. The number of hydrogen-bond donors (Lipinski definition) is 0. The van der Waals surface area contributed by atoms with E-state index in [4.69, 9.17) is 9.47 Å². The minimum Gasteiger partial charge on any atom is -0.467 e. The lowest BCUT2D eigenvalue weighted by Crippen LogP contribution is -2.36. The van der Waals surface area contributed by atoms with Crippen molar-refractivity contribution in [2.45, 2.75) is 38.4 Å². The summed E-state index contributed by atoms with van der Waals surface area (Å²) in [5, 5.41) is 0. The van der Waals surface area contributed by atoms with E-state index in [1.165, 1.54) is 19.2 Å². The maximum absolute atomic E-state index is 13.2. The van der Waals surface area contributed by atoms with Crippen LogP contribution in [0.4, 0.5) is 9.18 Å². The summed E-state index contributed by atoms with van der Waals surface area (Å²) in [6.45, 7) is 5.83. The zero-order valence-corrected chi connectivity index (χ0v) is 15.0. The molecule has 0 aliphatic carbocycles. The number of amides is 1. The second-order valence-corrected chi connectivity index (χ2v) is 6.97. The van der Waals surface area contributed by atoms with E-state index in [0.717, 1.165) is 5.56 Å². The molecule has 1 aromatic carbocycles. The Kier molecular flexibility index (Phi) is 6.00. The molecule has 2 rings (SSSR count). The molecule has 138 valence electrons. The van der Waals surface area contributed by atoms with E-state index in [1.807, 2.05) is 0 Å². The summed E-state index contributed by atoms with van der Waals surface area (Å²) in [7, 11) is 1.28. The first-order chi connectivity index (χ1) is 11.7. The SMILES string of the molecule is COC(=O)CO[C@@H]1CN(C(=O)OC(C)(C)C)C[C@H]1c1ccc(F)cc1. The number of hydrogen-bond acceptors (Lipinski definition) is 5. The standard InChI is InChI=1S/C18H24FNO5/c1-18(2,3)25-17(22)20-9-14(12-5-7-13(19)8-6-12)15(10-20)24-11-16(21)23-4/h5-8,14-15H,9-11H2,1-4H3/t14-,15+/m0/s1. The first kappa shape index (κ1) is 19.2. The lowest BCUT2D eigenvalue weighted by molar-refractivity contribution is -0.147. The quantitative estimate of drug-likeness (QED) is 0.779. The van der Waals surface area contributed by atoms with Crippen molar-refractivity contribution in [1.82, 2.24) is 4.90 Å². The largest absolute Gasteiger partial charge is 0.467 e. The van der Waals surface area contributed by atoms with Crippen molar-refractivity contribution in [2.75, 3.05) is 26.8 Å². The summed E-state index contributed by atoms with van der Waals surface area (Å²) in [6.07, 6.45) is -0.846. The van der Waals surface area contributed by atoms with Crippen LogP contribution in [0.15, 0.2) is 24.3 Å². The van der Waals surface area contributed by atoms with Crippen molar-refractivity contribution < 1.29 is 28.2 Å². The third-order valence-electron chi connectivity index (χ3n) is 3.86. The van der Waals surface area contributed by atoms with E-state index in [2.05, 4.69) is 4.74 Å². The lowest BCUT2D eigenvalue weighted by atomic mass is 9.96. The highest BCUT2D eigenvalue weighted by Crippen LogP contribution is 2.31. The first-order valence-corrected chi connectivity index (χ1v) is 8.11. The van der Waals surface area contributed by atoms with Gasteiger partial charge in [0.25, 0.3) is 0 Å². The molecule has 1 aliphatic rings. The maximum atomic E-state index is 13.2. The van der Waals surface area contributed by atoms with Gasteiger partial charge in [-0.3, -0.25) is 0 Å². The van der Waals surface area contributed by atoms with Gasteiger partial charge in [-0.1, -0.05) is 12.1 Å². The van der Waals surface area contributed by atoms with Crippen LogP contribution < -0.4 is 0 Å². The Labute approximate surface area is 146 Å². The van der Waals surface area contributed by atoms with Crippen molar-refractivity contribution in [2.24, 2.45) is 0 Å². The van der Waals surface area contributed by atoms with E-state index in [0.29, 0.717) is 6.54 Å². The molecule has 0 aromatic heterocycles. The monoisotopic (exact) mass is 353 g/mol. The van der Waals surface area contributed by atoms with Crippen LogP contribution >= 0.6 is 0 Å². The number of esters is 1. The van der Waals surface area contributed by atoms with Gasteiger partial charge in [0.1, 0.15) is 18.0 Å². The van der Waals surface area contributed by atoms with Gasteiger partial charge in [0.2, 0.25) is 0 Å². The van der Waals surface area contributed by atoms with Crippen LogP contribution in [0.5, 0.6) is 0 Å². The van der Waals surface area contributed by atoms with Crippen LogP contribution in [0.3, 0.4) is 0 Å². The Bertz CT molecular complexity index is 611. The van der Waals surface area contributed by atoms with Crippen LogP contribution in [-0.4, -0.2) is 55.5 Å². The fourth-order valence-corrected chi connectivity index (χ4v) is 2.68. The van der Waals surface area contributed by atoms with Gasteiger partial charge in [0.05, 0.1) is 19.8 Å². The van der Waals surface area contributed by atoms with Crippen molar-refractivity contribution in [3.63, 3.8) is 0 Å². The highest BCUT2D eigenvalue weighted by atomic mass is 19.1. The number of ether oxygens (including phenoxy) is 3. The van der Waals surface area contributed by atoms with Gasteiger partial charge in [0.15, 0.2) is 0 Å². The number of halogens is 1. The molecule has 25 heavy (non-hydrogen) atoms. The van der Waals surface area contributed by atoms with Crippen molar-refractivity contribution in [3.8, 4) is 0 Å². The van der Waals surface area contributed by atoms with Crippen LogP contribution in [0.25, 0.3) is 0 Å². The van der Waals surface area contributed by atoms with Crippen molar-refractivity contribution in [3.05, 3.63) is 35.6 Å². The number of carbonyl (C=O) groups excluding carboxylic acids is 2. The Morgan fingerprint density at radius 3 is 2.40 bits per heavy atom. The number of likely N-dealkylation sites (tertiary alicyclic amines) is 1. The molecule has 7 heteroatoms. The maximum Gasteiger partial charge on any atom is 0.410 e. The second kappa shape index (κ2) is 7.82. The van der Waals surface area contributed by atoms with Gasteiger partial charge < -0.3 is 19.1 Å². The molecule has 1 saturated heterocycles. The zero-order chi connectivity index (χ0) is 18.6. The molecule has 1 aliphatic heterocycles. The Hall–Kier alpha value is -2.15. The third kappa shape index (κ3) is 5.42. The molecule has 1 fully saturated rings. The fourth-order valence-electron chi connectivity index (χ4n) is 2.68. The number of carbonyl (C=O) groups is 2. The number of nitrogens with zero attached hydrogens (tertiary/aromatic N) is 1. The molecule has 2 atom stereocenters. The minimum atomic E-state index is -0.604. The van der Waals surface area contributed by atoms with Crippen molar-refractivity contribution >= 4 is 12.1 Å². The zero-order valence-electron chi connectivity index (χ0n) is 15.0. The van der Waals surface area contributed by atoms with E-state index in [1.54, 1.807) is 37.8 Å². The summed E-state index contributed by atoms with van der Waals surface area (Å²) in [5.41, 5.74) is 0.232. The number of benzene rings is 1. The summed E-state index contributed by atoms with van der Waals surface area (Å²) in [5.74, 6) is -1.01. The molecule has 1 heterocycles. The first-order valence-electron chi connectivity index (χ1n) is 8.11. The normalized spacial score (nSPS) is 20.4. The topological polar surface area (TPSA) is 65.1 Å². The Morgan fingerprint density at radius 1 is 1.20 bits per heavy atom. The molecule has 0 spiro atoms. The van der Waals surface area contributed by atoms with E-state index < -0.39 is 23.8 Å². The smallest absolute Gasteiger partial charge is 0.410 e. The minimum absolute atomic E-state index is 0.183. The Balaban J connectivity index is 2.13. The van der Waals surface area contributed by atoms with Gasteiger partial charge in [-0.15, -0.1) is 0 Å². The lowest BCUT2D eigenvalue weighted by Gasteiger charge is -2.24. The molecule has 0 radical (unpaired) electrons. The molecule has 0 N–H and O–H groups in total. The summed E-state index contributed by atoms with van der Waals surface area (Å²) in [4.78, 5) is 25.2. The molecular formula is C18H24FNO5. The highest BCUT2D eigenvalue weighted by molar-refractivity contribution is 5.70. The number of methoxy groups -OCH3 is 1. The van der Waals surface area contributed by atoms with Gasteiger partial charge in [-0.05, 0) is 38.5 Å². The predicted octanol–water partition coefficient (Wildman–Crippen LogP) is 2.72. The van der Waals surface area contributed by atoms with Gasteiger partial charge in [-0.25, -0.2) is 14.0 Å². The van der Waals surface area contributed by atoms with E-state index in [9.17, 15) is 14.0 Å². The molecule has 0 unspecified atom stereocenters. The van der Waals surface area contributed by atoms with E-state index in [-0.39, 0.29) is 24.9 Å². The molecule has 1 amide bonds. The average molecular weight is 353 g/mol. The van der Waals surface area contributed by atoms with Gasteiger partial charge >= 0.3 is 12.1 Å². The summed E-state index contributed by atoms with van der Waals surface area (Å²) in [6, 6.07) is 6.05. The van der Waals surface area contributed by atoms with Crippen molar-refractivity contribution in [1.29, 1.82) is 0 Å². The average Bonchev–Trinajstić information content (AvgIpc) is 2.96.